The van der Waals surface area contributed by atoms with Gasteiger partial charge in [-0.05, 0) is 55.0 Å². The van der Waals surface area contributed by atoms with E-state index >= 15 is 0 Å². The number of aryl methyl sites for hydroxylation is 2. The van der Waals surface area contributed by atoms with Crippen LogP contribution in [-0.4, -0.2) is 17.7 Å². The Kier molecular flexibility index (Phi) is 4.84. The summed E-state index contributed by atoms with van der Waals surface area (Å²) in [5, 5.41) is 5.83. The number of aromatic nitrogens is 1. The summed E-state index contributed by atoms with van der Waals surface area (Å²) >= 11 is 0. The Morgan fingerprint density at radius 3 is 2.88 bits per heavy atom. The average Bonchev–Trinajstić information content (AvgIpc) is 3.03. The molecule has 1 aromatic carbocycles. The summed E-state index contributed by atoms with van der Waals surface area (Å²) in [7, 11) is 0. The number of carbonyl (C=O) groups excluding carboxylic acids is 1. The average molecular weight is 326 g/mol. The Balaban J connectivity index is 1.61. The molecule has 24 heavy (non-hydrogen) atoms. The molecule has 1 amide bonds. The van der Waals surface area contributed by atoms with Gasteiger partial charge in [0.25, 0.3) is 0 Å². The highest BCUT2D eigenvalue weighted by Gasteiger charge is 2.11. The van der Waals surface area contributed by atoms with Crippen LogP contribution in [0, 0.1) is 0 Å². The number of amides is 1. The lowest BCUT2D eigenvalue weighted by molar-refractivity contribution is 0.168. The van der Waals surface area contributed by atoms with Gasteiger partial charge < -0.3 is 15.8 Å². The van der Waals surface area contributed by atoms with Crippen molar-refractivity contribution in [1.82, 2.24) is 4.98 Å². The lowest BCUT2D eigenvalue weighted by Crippen LogP contribution is -2.15. The van der Waals surface area contributed by atoms with Crippen LogP contribution >= 0.6 is 0 Å². The quantitative estimate of drug-likeness (QED) is 0.784. The molecule has 0 saturated heterocycles. The van der Waals surface area contributed by atoms with Crippen LogP contribution in [0.25, 0.3) is 0 Å². The van der Waals surface area contributed by atoms with Gasteiger partial charge in [-0.25, -0.2) is 9.78 Å². The number of fused-ring (bicyclic) bond motifs is 1. The molecular formula is C18H22N4O2. The molecule has 1 heterocycles. The number of nitrogens with one attached hydrogen (secondary N) is 2. The Hall–Kier alpha value is -2.76. The SMILES string of the molecule is CCOC(=O)Nc1ccc(NCc2ccc3c(c2)CCC3)nc1N. The van der Waals surface area contributed by atoms with E-state index in [0.717, 1.165) is 0 Å². The lowest BCUT2D eigenvalue weighted by atomic mass is 10.1. The van der Waals surface area contributed by atoms with Crippen LogP contribution in [0.2, 0.25) is 0 Å². The molecule has 0 aliphatic heterocycles. The van der Waals surface area contributed by atoms with Gasteiger partial charge in [0.15, 0.2) is 0 Å². The van der Waals surface area contributed by atoms with Crippen LogP contribution in [0.15, 0.2) is 30.3 Å². The van der Waals surface area contributed by atoms with E-state index in [1.165, 1.54) is 36.0 Å². The maximum atomic E-state index is 11.4. The van der Waals surface area contributed by atoms with Gasteiger partial charge in [-0.3, -0.25) is 5.32 Å². The molecule has 4 N–H and O–H groups in total. The van der Waals surface area contributed by atoms with Crippen molar-refractivity contribution in [2.45, 2.75) is 32.7 Å². The molecule has 1 aromatic heterocycles. The molecule has 3 rings (SSSR count). The first-order valence-corrected chi connectivity index (χ1v) is 8.20. The lowest BCUT2D eigenvalue weighted by Gasteiger charge is -2.11. The van der Waals surface area contributed by atoms with E-state index in [0.29, 0.717) is 24.7 Å². The van der Waals surface area contributed by atoms with Gasteiger partial charge in [0.1, 0.15) is 11.6 Å². The Labute approximate surface area is 141 Å². The van der Waals surface area contributed by atoms with Crippen molar-refractivity contribution in [2.24, 2.45) is 0 Å². The Bertz CT molecular complexity index is 746. The van der Waals surface area contributed by atoms with Crippen molar-refractivity contribution in [3.63, 3.8) is 0 Å². The van der Waals surface area contributed by atoms with E-state index < -0.39 is 6.09 Å². The summed E-state index contributed by atoms with van der Waals surface area (Å²) < 4.78 is 4.82. The zero-order chi connectivity index (χ0) is 16.9. The van der Waals surface area contributed by atoms with Gasteiger partial charge in [-0.2, -0.15) is 0 Å². The fraction of sp³-hybridized carbons (Fsp3) is 0.333. The first kappa shape index (κ1) is 16.1. The highest BCUT2D eigenvalue weighted by atomic mass is 16.5. The molecule has 0 bridgehead atoms. The summed E-state index contributed by atoms with van der Waals surface area (Å²) in [6, 6.07) is 10.1. The van der Waals surface area contributed by atoms with Crippen LogP contribution in [0.1, 0.15) is 30.0 Å². The second kappa shape index (κ2) is 7.21. The molecule has 0 fully saturated rings. The number of rotatable bonds is 5. The fourth-order valence-electron chi connectivity index (χ4n) is 2.88. The Morgan fingerprint density at radius 2 is 2.08 bits per heavy atom. The second-order valence-corrected chi connectivity index (χ2v) is 5.78. The van der Waals surface area contributed by atoms with Crippen LogP contribution in [0.5, 0.6) is 0 Å². The number of hydrogen-bond donors (Lipinski definition) is 3. The van der Waals surface area contributed by atoms with Gasteiger partial charge in [-0.1, -0.05) is 18.2 Å². The minimum absolute atomic E-state index is 0.252. The van der Waals surface area contributed by atoms with E-state index in [4.69, 9.17) is 10.5 Å². The molecule has 1 aliphatic rings. The number of pyridine rings is 1. The third-order valence-electron chi connectivity index (χ3n) is 4.07. The predicted octanol–water partition coefficient (Wildman–Crippen LogP) is 3.33. The van der Waals surface area contributed by atoms with Crippen LogP contribution < -0.4 is 16.4 Å². The van der Waals surface area contributed by atoms with E-state index in [1.807, 2.05) is 0 Å². The van der Waals surface area contributed by atoms with Gasteiger partial charge in [0, 0.05) is 6.54 Å². The Morgan fingerprint density at radius 1 is 1.25 bits per heavy atom. The number of anilines is 3. The first-order chi connectivity index (χ1) is 11.7. The second-order valence-electron chi connectivity index (χ2n) is 5.78. The van der Waals surface area contributed by atoms with Crippen molar-refractivity contribution in [3.05, 3.63) is 47.0 Å². The molecule has 126 valence electrons. The normalized spacial score (nSPS) is 12.5. The molecule has 0 saturated carbocycles. The first-order valence-electron chi connectivity index (χ1n) is 8.20. The van der Waals surface area contributed by atoms with Crippen molar-refractivity contribution >= 4 is 23.4 Å². The summed E-state index contributed by atoms with van der Waals surface area (Å²) in [5.74, 6) is 0.921. The molecule has 1 aliphatic carbocycles. The van der Waals surface area contributed by atoms with Gasteiger partial charge in [-0.15, -0.1) is 0 Å². The fourth-order valence-corrected chi connectivity index (χ4v) is 2.88. The predicted molar refractivity (Wildman–Crippen MR) is 95.1 cm³/mol. The summed E-state index contributed by atoms with van der Waals surface area (Å²) in [4.78, 5) is 15.7. The number of nitrogens with zero attached hydrogens (tertiary/aromatic N) is 1. The standard InChI is InChI=1S/C18H22N4O2/c1-2-24-18(23)21-15-8-9-16(22-17(15)19)20-11-12-6-7-13-4-3-5-14(13)10-12/h6-10H,2-5,11H2,1H3,(H,21,23)(H3,19,20,22). The summed E-state index contributed by atoms with van der Waals surface area (Å²) in [6.45, 7) is 2.73. The number of hydrogen-bond acceptors (Lipinski definition) is 5. The van der Waals surface area contributed by atoms with Crippen molar-refractivity contribution in [1.29, 1.82) is 0 Å². The zero-order valence-corrected chi connectivity index (χ0v) is 13.8. The molecule has 6 heteroatoms. The van der Waals surface area contributed by atoms with Gasteiger partial charge in [0.05, 0.1) is 12.3 Å². The van der Waals surface area contributed by atoms with Gasteiger partial charge >= 0.3 is 6.09 Å². The summed E-state index contributed by atoms with van der Waals surface area (Å²) in [5.41, 5.74) is 10.5. The molecular weight excluding hydrogens is 304 g/mol. The number of ether oxygens (including phenoxy) is 1. The van der Waals surface area contributed by atoms with E-state index in [9.17, 15) is 4.79 Å². The number of nitrogen functional groups attached to an aromatic ring is 1. The molecule has 2 aromatic rings. The van der Waals surface area contributed by atoms with Crippen molar-refractivity contribution in [3.8, 4) is 0 Å². The molecule has 0 spiro atoms. The number of nitrogens with two attached hydrogens (primary N) is 1. The topological polar surface area (TPSA) is 89.3 Å². The van der Waals surface area contributed by atoms with E-state index in [-0.39, 0.29) is 5.82 Å². The maximum Gasteiger partial charge on any atom is 0.411 e. The molecule has 6 nitrogen and oxygen atoms in total. The van der Waals surface area contributed by atoms with E-state index in [2.05, 4.69) is 33.8 Å². The monoisotopic (exact) mass is 326 g/mol. The van der Waals surface area contributed by atoms with E-state index in [1.54, 1.807) is 19.1 Å². The van der Waals surface area contributed by atoms with Gasteiger partial charge in [0.2, 0.25) is 0 Å². The highest BCUT2D eigenvalue weighted by molar-refractivity contribution is 5.88. The molecule has 0 unspecified atom stereocenters. The number of benzene rings is 1. The third-order valence-corrected chi connectivity index (χ3v) is 4.07. The molecule has 0 atom stereocenters. The highest BCUT2D eigenvalue weighted by Crippen LogP contribution is 2.24. The molecule has 0 radical (unpaired) electrons. The maximum absolute atomic E-state index is 11.4. The third kappa shape index (κ3) is 3.76. The van der Waals surface area contributed by atoms with Crippen molar-refractivity contribution in [2.75, 3.05) is 23.0 Å². The minimum Gasteiger partial charge on any atom is -0.450 e. The minimum atomic E-state index is -0.537. The van der Waals surface area contributed by atoms with Crippen LogP contribution in [0.3, 0.4) is 0 Å². The zero-order valence-electron chi connectivity index (χ0n) is 13.8. The smallest absolute Gasteiger partial charge is 0.411 e. The number of carbonyl (C=O) groups is 1. The van der Waals surface area contributed by atoms with Crippen LogP contribution in [-0.2, 0) is 24.1 Å². The largest absolute Gasteiger partial charge is 0.450 e. The van der Waals surface area contributed by atoms with Crippen molar-refractivity contribution < 1.29 is 9.53 Å². The van der Waals surface area contributed by atoms with Crippen LogP contribution in [0.4, 0.5) is 22.1 Å². The summed E-state index contributed by atoms with van der Waals surface area (Å²) in [6.07, 6.45) is 3.07.